The van der Waals surface area contributed by atoms with Crippen LogP contribution in [-0.4, -0.2) is 31.1 Å². The van der Waals surface area contributed by atoms with Crippen LogP contribution in [0.3, 0.4) is 0 Å². The minimum absolute atomic E-state index is 0.0260. The lowest BCUT2D eigenvalue weighted by molar-refractivity contribution is 0.0665. The molecule has 0 N–H and O–H groups in total. The number of carbonyl (C=O) groups is 1. The normalized spacial score (nSPS) is 12.7. The lowest BCUT2D eigenvalue weighted by atomic mass is 9.96. The standard InChI is InChI=1S/C31H29NO3/c1-34-27-15-8-10-22(18-27)21-32(26-19-24-13-6-7-14-25(24)20-26)31(33)30-28(16-9-17-29(30)35-2)23-11-4-3-5-12-23/h3-18,26H,19-21H2,1-2H3. The van der Waals surface area contributed by atoms with Crippen molar-refractivity contribution in [3.05, 3.63) is 119 Å². The molecule has 0 saturated heterocycles. The largest absolute Gasteiger partial charge is 0.497 e. The Morgan fingerprint density at radius 1 is 0.800 bits per heavy atom. The molecule has 0 saturated carbocycles. The van der Waals surface area contributed by atoms with Gasteiger partial charge in [-0.15, -0.1) is 0 Å². The smallest absolute Gasteiger partial charge is 0.258 e. The molecule has 0 heterocycles. The van der Waals surface area contributed by atoms with Gasteiger partial charge in [-0.3, -0.25) is 4.79 Å². The summed E-state index contributed by atoms with van der Waals surface area (Å²) in [5, 5.41) is 0. The molecule has 176 valence electrons. The minimum Gasteiger partial charge on any atom is -0.497 e. The van der Waals surface area contributed by atoms with Crippen molar-refractivity contribution in [3.63, 3.8) is 0 Å². The molecule has 4 aromatic carbocycles. The van der Waals surface area contributed by atoms with Gasteiger partial charge in [0, 0.05) is 12.6 Å². The van der Waals surface area contributed by atoms with E-state index in [1.54, 1.807) is 14.2 Å². The van der Waals surface area contributed by atoms with E-state index in [0.717, 1.165) is 35.3 Å². The number of rotatable bonds is 7. The van der Waals surface area contributed by atoms with Gasteiger partial charge >= 0.3 is 0 Å². The summed E-state index contributed by atoms with van der Waals surface area (Å²) < 4.78 is 11.2. The molecular formula is C31H29NO3. The van der Waals surface area contributed by atoms with E-state index >= 15 is 0 Å². The molecule has 0 aliphatic heterocycles. The van der Waals surface area contributed by atoms with Gasteiger partial charge < -0.3 is 14.4 Å². The summed E-state index contributed by atoms with van der Waals surface area (Å²) in [4.78, 5) is 16.4. The molecular weight excluding hydrogens is 434 g/mol. The van der Waals surface area contributed by atoms with E-state index in [0.29, 0.717) is 17.9 Å². The summed E-state index contributed by atoms with van der Waals surface area (Å²) in [6, 6.07) is 32.3. The molecule has 0 radical (unpaired) electrons. The highest BCUT2D eigenvalue weighted by atomic mass is 16.5. The number of carbonyl (C=O) groups excluding carboxylic acids is 1. The monoisotopic (exact) mass is 463 g/mol. The van der Waals surface area contributed by atoms with Crippen LogP contribution in [0.1, 0.15) is 27.0 Å². The molecule has 35 heavy (non-hydrogen) atoms. The number of benzene rings is 4. The van der Waals surface area contributed by atoms with Crippen molar-refractivity contribution in [2.24, 2.45) is 0 Å². The predicted molar refractivity (Wildman–Crippen MR) is 139 cm³/mol. The number of fused-ring (bicyclic) bond motifs is 1. The van der Waals surface area contributed by atoms with Gasteiger partial charge in [0.25, 0.3) is 5.91 Å². The molecule has 5 rings (SSSR count). The third kappa shape index (κ3) is 4.65. The average molecular weight is 464 g/mol. The predicted octanol–water partition coefficient (Wildman–Crippen LogP) is 6.18. The highest BCUT2D eigenvalue weighted by Crippen LogP contribution is 2.35. The van der Waals surface area contributed by atoms with Crippen molar-refractivity contribution in [2.75, 3.05) is 14.2 Å². The fourth-order valence-corrected chi connectivity index (χ4v) is 5.01. The number of hydrogen-bond acceptors (Lipinski definition) is 3. The molecule has 0 spiro atoms. The Morgan fingerprint density at radius 2 is 1.49 bits per heavy atom. The second-order valence-corrected chi connectivity index (χ2v) is 8.86. The molecule has 0 fully saturated rings. The van der Waals surface area contributed by atoms with E-state index in [1.165, 1.54) is 11.1 Å². The molecule has 4 aromatic rings. The average Bonchev–Trinajstić information content (AvgIpc) is 3.35. The van der Waals surface area contributed by atoms with Crippen LogP contribution >= 0.6 is 0 Å². The first-order valence-corrected chi connectivity index (χ1v) is 11.9. The van der Waals surface area contributed by atoms with E-state index in [1.807, 2.05) is 77.7 Å². The third-order valence-electron chi connectivity index (χ3n) is 6.76. The Bertz CT molecular complexity index is 1310. The SMILES string of the molecule is COc1cccc(CN(C(=O)c2c(OC)cccc2-c2ccccc2)C2Cc3ccccc3C2)c1. The van der Waals surface area contributed by atoms with Gasteiger partial charge in [-0.1, -0.05) is 78.9 Å². The third-order valence-corrected chi connectivity index (χ3v) is 6.76. The van der Waals surface area contributed by atoms with Crippen LogP contribution in [0.5, 0.6) is 11.5 Å². The van der Waals surface area contributed by atoms with Gasteiger partial charge in [0.2, 0.25) is 0 Å². The number of hydrogen-bond donors (Lipinski definition) is 0. The van der Waals surface area contributed by atoms with Crippen molar-refractivity contribution >= 4 is 5.91 Å². The maximum Gasteiger partial charge on any atom is 0.258 e. The Hall–Kier alpha value is -4.05. The zero-order valence-corrected chi connectivity index (χ0v) is 20.1. The lowest BCUT2D eigenvalue weighted by Crippen LogP contribution is -2.40. The van der Waals surface area contributed by atoms with Crippen LogP contribution in [0.25, 0.3) is 11.1 Å². The molecule has 1 aliphatic carbocycles. The summed E-state index contributed by atoms with van der Waals surface area (Å²) in [5.74, 6) is 1.34. The zero-order chi connectivity index (χ0) is 24.2. The van der Waals surface area contributed by atoms with Crippen LogP contribution < -0.4 is 9.47 Å². The van der Waals surface area contributed by atoms with Crippen molar-refractivity contribution < 1.29 is 14.3 Å². The van der Waals surface area contributed by atoms with Gasteiger partial charge in [-0.2, -0.15) is 0 Å². The van der Waals surface area contributed by atoms with Gasteiger partial charge in [0.15, 0.2) is 0 Å². The number of nitrogens with zero attached hydrogens (tertiary/aromatic N) is 1. The summed E-state index contributed by atoms with van der Waals surface area (Å²) in [5.41, 5.74) is 6.12. The number of ether oxygens (including phenoxy) is 2. The molecule has 4 nitrogen and oxygen atoms in total. The fourth-order valence-electron chi connectivity index (χ4n) is 5.01. The highest BCUT2D eigenvalue weighted by molar-refractivity contribution is 6.03. The van der Waals surface area contributed by atoms with Crippen molar-refractivity contribution in [1.29, 1.82) is 0 Å². The summed E-state index contributed by atoms with van der Waals surface area (Å²) in [6.07, 6.45) is 1.67. The van der Waals surface area contributed by atoms with Crippen LogP contribution in [0, 0.1) is 0 Å². The van der Waals surface area contributed by atoms with E-state index in [9.17, 15) is 4.79 Å². The molecule has 0 aromatic heterocycles. The maximum absolute atomic E-state index is 14.4. The quantitative estimate of drug-likeness (QED) is 0.328. The lowest BCUT2D eigenvalue weighted by Gasteiger charge is -2.31. The van der Waals surface area contributed by atoms with E-state index in [4.69, 9.17) is 9.47 Å². The van der Waals surface area contributed by atoms with E-state index in [2.05, 4.69) is 24.3 Å². The first-order valence-electron chi connectivity index (χ1n) is 11.9. The second kappa shape index (κ2) is 10.1. The Kier molecular flexibility index (Phi) is 6.53. The first-order chi connectivity index (χ1) is 17.2. The van der Waals surface area contributed by atoms with Gasteiger partial charge in [-0.25, -0.2) is 0 Å². The number of methoxy groups -OCH3 is 2. The molecule has 1 aliphatic rings. The maximum atomic E-state index is 14.4. The Balaban J connectivity index is 1.58. The van der Waals surface area contributed by atoms with Crippen LogP contribution in [0.15, 0.2) is 97.1 Å². The summed E-state index contributed by atoms with van der Waals surface area (Å²) >= 11 is 0. The first kappa shape index (κ1) is 22.7. The topological polar surface area (TPSA) is 38.8 Å². The molecule has 4 heteroatoms. The molecule has 0 atom stereocenters. The molecule has 1 amide bonds. The van der Waals surface area contributed by atoms with Crippen LogP contribution in [0.4, 0.5) is 0 Å². The molecule has 0 bridgehead atoms. The summed E-state index contributed by atoms with van der Waals surface area (Å²) in [6.45, 7) is 0.487. The van der Waals surface area contributed by atoms with E-state index in [-0.39, 0.29) is 11.9 Å². The Labute approximate surface area is 206 Å². The zero-order valence-electron chi connectivity index (χ0n) is 20.1. The Morgan fingerprint density at radius 3 is 2.17 bits per heavy atom. The number of amides is 1. The summed E-state index contributed by atoms with van der Waals surface area (Å²) in [7, 11) is 3.29. The van der Waals surface area contributed by atoms with Crippen LogP contribution in [0.2, 0.25) is 0 Å². The van der Waals surface area contributed by atoms with Gasteiger partial charge in [0.05, 0.1) is 19.8 Å². The van der Waals surface area contributed by atoms with Crippen LogP contribution in [-0.2, 0) is 19.4 Å². The fraction of sp³-hybridized carbons (Fsp3) is 0.194. The minimum atomic E-state index is -0.0260. The van der Waals surface area contributed by atoms with Gasteiger partial charge in [-0.05, 0) is 58.9 Å². The van der Waals surface area contributed by atoms with Crippen molar-refractivity contribution in [1.82, 2.24) is 4.90 Å². The van der Waals surface area contributed by atoms with E-state index < -0.39 is 0 Å². The second-order valence-electron chi connectivity index (χ2n) is 8.86. The highest BCUT2D eigenvalue weighted by Gasteiger charge is 2.33. The van der Waals surface area contributed by atoms with Crippen molar-refractivity contribution in [3.8, 4) is 22.6 Å². The van der Waals surface area contributed by atoms with Gasteiger partial charge in [0.1, 0.15) is 11.5 Å². The van der Waals surface area contributed by atoms with Crippen molar-refractivity contribution in [2.45, 2.75) is 25.4 Å². The molecule has 0 unspecified atom stereocenters.